The highest BCUT2D eigenvalue weighted by Crippen LogP contribution is 2.27. The van der Waals surface area contributed by atoms with E-state index < -0.39 is 0 Å². The summed E-state index contributed by atoms with van der Waals surface area (Å²) in [6, 6.07) is 13.8. The van der Waals surface area contributed by atoms with E-state index >= 15 is 0 Å². The van der Waals surface area contributed by atoms with Crippen LogP contribution in [0.15, 0.2) is 60.1 Å². The molecule has 0 unspecified atom stereocenters. The van der Waals surface area contributed by atoms with Gasteiger partial charge >= 0.3 is 0 Å². The van der Waals surface area contributed by atoms with Gasteiger partial charge in [0.15, 0.2) is 4.96 Å². The van der Waals surface area contributed by atoms with Crippen molar-refractivity contribution in [3.8, 4) is 17.0 Å². The molecule has 29 heavy (non-hydrogen) atoms. The van der Waals surface area contributed by atoms with E-state index in [0.29, 0.717) is 21.9 Å². The molecule has 2 aromatic carbocycles. The van der Waals surface area contributed by atoms with Gasteiger partial charge in [0.2, 0.25) is 0 Å². The standard InChI is InChI=1S/C22H20FN3O2S/c1-14(15-7-9-18(28-3)10-8-15)25(2)21(27)20-13-29-22-24-19(12-26(20)22)16-5-4-6-17(23)11-16/h4-14H,1-3H3/t14-/m1/s1. The molecule has 4 aromatic rings. The summed E-state index contributed by atoms with van der Waals surface area (Å²) in [6.45, 7) is 1.98. The number of methoxy groups -OCH3 is 1. The highest BCUT2D eigenvalue weighted by atomic mass is 32.1. The SMILES string of the molecule is COc1ccc([C@@H](C)N(C)C(=O)c2csc3nc(-c4cccc(F)c4)cn23)cc1. The Labute approximate surface area is 172 Å². The minimum atomic E-state index is -0.316. The first-order valence-electron chi connectivity index (χ1n) is 9.11. The minimum Gasteiger partial charge on any atom is -0.497 e. The van der Waals surface area contributed by atoms with Gasteiger partial charge in [-0.2, -0.15) is 0 Å². The molecular weight excluding hydrogens is 389 g/mol. The third-order valence-electron chi connectivity index (χ3n) is 5.05. The number of fused-ring (bicyclic) bond motifs is 1. The third-order valence-corrected chi connectivity index (χ3v) is 5.89. The molecule has 0 fully saturated rings. The summed E-state index contributed by atoms with van der Waals surface area (Å²) in [5.41, 5.74) is 2.86. The summed E-state index contributed by atoms with van der Waals surface area (Å²) < 4.78 is 20.5. The van der Waals surface area contributed by atoms with Crippen LogP contribution < -0.4 is 4.74 Å². The van der Waals surface area contributed by atoms with Gasteiger partial charge in [-0.3, -0.25) is 9.20 Å². The number of amides is 1. The fraction of sp³-hybridized carbons (Fsp3) is 0.182. The highest BCUT2D eigenvalue weighted by molar-refractivity contribution is 7.15. The van der Waals surface area contributed by atoms with Crippen LogP contribution in [0.25, 0.3) is 16.2 Å². The molecule has 1 amide bonds. The number of carbonyl (C=O) groups is 1. The van der Waals surface area contributed by atoms with Crippen molar-refractivity contribution < 1.29 is 13.9 Å². The smallest absolute Gasteiger partial charge is 0.271 e. The number of hydrogen-bond acceptors (Lipinski definition) is 4. The number of benzene rings is 2. The summed E-state index contributed by atoms with van der Waals surface area (Å²) in [4.78, 5) is 20.1. The fourth-order valence-electron chi connectivity index (χ4n) is 3.19. The Kier molecular flexibility index (Phi) is 5.07. The van der Waals surface area contributed by atoms with Crippen LogP contribution in [0, 0.1) is 5.82 Å². The predicted molar refractivity (Wildman–Crippen MR) is 112 cm³/mol. The zero-order valence-corrected chi connectivity index (χ0v) is 17.1. The van der Waals surface area contributed by atoms with E-state index in [0.717, 1.165) is 11.3 Å². The van der Waals surface area contributed by atoms with Crippen LogP contribution in [-0.2, 0) is 0 Å². The molecule has 0 spiro atoms. The first-order chi connectivity index (χ1) is 14.0. The van der Waals surface area contributed by atoms with E-state index in [2.05, 4.69) is 4.98 Å². The molecule has 7 heteroatoms. The van der Waals surface area contributed by atoms with E-state index in [4.69, 9.17) is 4.74 Å². The average molecular weight is 409 g/mol. The Hall–Kier alpha value is -3.19. The molecule has 1 atom stereocenters. The lowest BCUT2D eigenvalue weighted by atomic mass is 10.1. The number of ether oxygens (including phenoxy) is 1. The second kappa shape index (κ2) is 7.67. The lowest BCUT2D eigenvalue weighted by Crippen LogP contribution is -2.30. The van der Waals surface area contributed by atoms with Crippen LogP contribution in [0.5, 0.6) is 5.75 Å². The van der Waals surface area contributed by atoms with Crippen LogP contribution >= 0.6 is 11.3 Å². The molecular formula is C22H20FN3O2S. The Morgan fingerprint density at radius 2 is 2.00 bits per heavy atom. The quantitative estimate of drug-likeness (QED) is 0.464. The average Bonchev–Trinajstić information content (AvgIpc) is 3.33. The lowest BCUT2D eigenvalue weighted by molar-refractivity contribution is 0.0736. The molecule has 0 bridgehead atoms. The van der Waals surface area contributed by atoms with Crippen molar-refractivity contribution in [3.63, 3.8) is 0 Å². The van der Waals surface area contributed by atoms with Gasteiger partial charge < -0.3 is 9.64 Å². The van der Waals surface area contributed by atoms with Gasteiger partial charge in [0.1, 0.15) is 17.3 Å². The molecule has 4 rings (SSSR count). The number of imidazole rings is 1. The van der Waals surface area contributed by atoms with E-state index in [9.17, 15) is 9.18 Å². The van der Waals surface area contributed by atoms with Crippen molar-refractivity contribution in [2.45, 2.75) is 13.0 Å². The molecule has 2 heterocycles. The number of rotatable bonds is 5. The maximum absolute atomic E-state index is 13.5. The van der Waals surface area contributed by atoms with Gasteiger partial charge in [-0.1, -0.05) is 24.3 Å². The topological polar surface area (TPSA) is 46.8 Å². The number of nitrogens with zero attached hydrogens (tertiary/aromatic N) is 3. The van der Waals surface area contributed by atoms with Crippen LogP contribution in [0.4, 0.5) is 4.39 Å². The molecule has 0 aliphatic carbocycles. The predicted octanol–water partition coefficient (Wildman–Crippen LogP) is 5.04. The second-order valence-electron chi connectivity index (χ2n) is 6.78. The van der Waals surface area contributed by atoms with Gasteiger partial charge in [-0.15, -0.1) is 11.3 Å². The molecule has 0 saturated heterocycles. The second-order valence-corrected chi connectivity index (χ2v) is 7.61. The summed E-state index contributed by atoms with van der Waals surface area (Å²) in [5.74, 6) is 0.351. The van der Waals surface area contributed by atoms with Crippen molar-refractivity contribution in [2.75, 3.05) is 14.2 Å². The molecule has 0 aliphatic heterocycles. The Morgan fingerprint density at radius 3 is 2.69 bits per heavy atom. The number of hydrogen-bond donors (Lipinski definition) is 0. The van der Waals surface area contributed by atoms with Crippen molar-refractivity contribution in [1.82, 2.24) is 14.3 Å². The largest absolute Gasteiger partial charge is 0.497 e. The molecule has 0 aliphatic rings. The molecule has 0 N–H and O–H groups in total. The Bertz CT molecular complexity index is 1170. The van der Waals surface area contributed by atoms with Gasteiger partial charge in [0.05, 0.1) is 18.8 Å². The fourth-order valence-corrected chi connectivity index (χ4v) is 4.03. The van der Waals surface area contributed by atoms with Gasteiger partial charge in [-0.05, 0) is 36.8 Å². The molecule has 2 aromatic heterocycles. The molecule has 0 saturated carbocycles. The maximum Gasteiger partial charge on any atom is 0.271 e. The lowest BCUT2D eigenvalue weighted by Gasteiger charge is -2.25. The van der Waals surface area contributed by atoms with Crippen LogP contribution in [0.2, 0.25) is 0 Å². The number of thiazole rings is 1. The first kappa shape index (κ1) is 19.1. The summed E-state index contributed by atoms with van der Waals surface area (Å²) >= 11 is 1.39. The van der Waals surface area contributed by atoms with Crippen molar-refractivity contribution in [3.05, 3.63) is 77.2 Å². The van der Waals surface area contributed by atoms with E-state index in [1.165, 1.54) is 23.5 Å². The van der Waals surface area contributed by atoms with Gasteiger partial charge in [-0.25, -0.2) is 9.37 Å². The minimum absolute atomic E-state index is 0.109. The number of carbonyl (C=O) groups excluding carboxylic acids is 1. The van der Waals surface area contributed by atoms with Gasteiger partial charge in [0.25, 0.3) is 5.91 Å². The summed E-state index contributed by atoms with van der Waals surface area (Å²) in [7, 11) is 3.41. The highest BCUT2D eigenvalue weighted by Gasteiger charge is 2.23. The molecule has 0 radical (unpaired) electrons. The molecule has 5 nitrogen and oxygen atoms in total. The summed E-state index contributed by atoms with van der Waals surface area (Å²) in [6.07, 6.45) is 1.78. The van der Waals surface area contributed by atoms with E-state index in [-0.39, 0.29) is 17.8 Å². The third kappa shape index (κ3) is 3.61. The van der Waals surface area contributed by atoms with Crippen molar-refractivity contribution >= 4 is 22.2 Å². The summed E-state index contributed by atoms with van der Waals surface area (Å²) in [5, 5.41) is 1.80. The van der Waals surface area contributed by atoms with Crippen molar-refractivity contribution in [1.29, 1.82) is 0 Å². The number of halogens is 1. The van der Waals surface area contributed by atoms with Crippen LogP contribution in [0.3, 0.4) is 0 Å². The normalized spacial score (nSPS) is 12.1. The van der Waals surface area contributed by atoms with Gasteiger partial charge in [0, 0.05) is 24.2 Å². The van der Waals surface area contributed by atoms with Crippen LogP contribution in [0.1, 0.15) is 29.0 Å². The zero-order valence-electron chi connectivity index (χ0n) is 16.3. The first-order valence-corrected chi connectivity index (χ1v) is 9.99. The monoisotopic (exact) mass is 409 g/mol. The van der Waals surface area contributed by atoms with E-state index in [1.54, 1.807) is 47.2 Å². The maximum atomic E-state index is 13.5. The van der Waals surface area contributed by atoms with Crippen LogP contribution in [-0.4, -0.2) is 34.3 Å². The Morgan fingerprint density at radius 1 is 1.24 bits per heavy atom. The number of aromatic nitrogens is 2. The Balaban J connectivity index is 1.62. The van der Waals surface area contributed by atoms with Crippen molar-refractivity contribution in [2.24, 2.45) is 0 Å². The zero-order chi connectivity index (χ0) is 20.5. The van der Waals surface area contributed by atoms with E-state index in [1.807, 2.05) is 31.2 Å². The molecule has 148 valence electrons.